The molecule has 0 radical (unpaired) electrons. The number of hydrogen-bond donors (Lipinski definition) is 1. The molecule has 3 atom stereocenters. The van der Waals surface area contributed by atoms with Crippen molar-refractivity contribution in [1.82, 2.24) is 4.90 Å². The lowest BCUT2D eigenvalue weighted by Crippen LogP contribution is -2.55. The first-order valence-electron chi connectivity index (χ1n) is 9.47. The molecule has 9 heteroatoms. The van der Waals surface area contributed by atoms with Gasteiger partial charge in [-0.3, -0.25) is 15.0 Å². The Morgan fingerprint density at radius 1 is 1.33 bits per heavy atom. The fourth-order valence-electron chi connectivity index (χ4n) is 4.04. The predicted octanol–water partition coefficient (Wildman–Crippen LogP) is 3.94. The fourth-order valence-corrected chi connectivity index (χ4v) is 4.45. The summed E-state index contributed by atoms with van der Waals surface area (Å²) in [6, 6.07) is 12.1. The Kier molecular flexibility index (Phi) is 6.72. The van der Waals surface area contributed by atoms with Gasteiger partial charge in [-0.2, -0.15) is 0 Å². The van der Waals surface area contributed by atoms with Gasteiger partial charge in [0.15, 0.2) is 0 Å². The van der Waals surface area contributed by atoms with Gasteiger partial charge in [0.25, 0.3) is 5.54 Å². The van der Waals surface area contributed by atoms with Crippen LogP contribution < -0.4 is 0 Å². The number of hydrogen-bond acceptors (Lipinski definition) is 5. The van der Waals surface area contributed by atoms with E-state index in [-0.39, 0.29) is 29.5 Å². The Hall–Kier alpha value is -2.52. The number of halogens is 2. The Morgan fingerprint density at radius 3 is 2.67 bits per heavy atom. The molecule has 0 saturated carbocycles. The number of benzene rings is 2. The van der Waals surface area contributed by atoms with Crippen molar-refractivity contribution in [1.29, 1.82) is 0 Å². The quantitative estimate of drug-likeness (QED) is 0.499. The summed E-state index contributed by atoms with van der Waals surface area (Å²) < 4.78 is 20.2. The monoisotopic (exact) mass is 480 g/mol. The maximum Gasteiger partial charge on any atom is 0.410 e. The van der Waals surface area contributed by atoms with Crippen molar-refractivity contribution in [3.8, 4) is 0 Å². The first-order valence-corrected chi connectivity index (χ1v) is 10.3. The van der Waals surface area contributed by atoms with Gasteiger partial charge in [-0.15, -0.1) is 0 Å². The molecule has 1 aliphatic heterocycles. The summed E-state index contributed by atoms with van der Waals surface area (Å²) in [5.41, 5.74) is -0.820. The second-order valence-electron chi connectivity index (χ2n) is 7.45. The number of ether oxygens (including phenoxy) is 1. The third kappa shape index (κ3) is 4.17. The summed E-state index contributed by atoms with van der Waals surface area (Å²) in [7, 11) is 0. The highest BCUT2D eigenvalue weighted by molar-refractivity contribution is 9.10. The molecule has 0 aliphatic carbocycles. The number of amides is 1. The average Bonchev–Trinajstić information content (AvgIpc) is 3.03. The van der Waals surface area contributed by atoms with Crippen LogP contribution in [0.15, 0.2) is 53.0 Å². The first kappa shape index (κ1) is 22.2. The maximum absolute atomic E-state index is 14.6. The van der Waals surface area contributed by atoms with Gasteiger partial charge in [-0.25, -0.2) is 9.18 Å². The van der Waals surface area contributed by atoms with E-state index in [9.17, 15) is 24.4 Å². The average molecular weight is 481 g/mol. The highest BCUT2D eigenvalue weighted by Crippen LogP contribution is 2.39. The van der Waals surface area contributed by atoms with Crippen molar-refractivity contribution >= 4 is 22.0 Å². The molecule has 7 nitrogen and oxygen atoms in total. The van der Waals surface area contributed by atoms with Crippen LogP contribution in [0.3, 0.4) is 0 Å². The molecule has 1 aliphatic rings. The molecule has 0 aromatic heterocycles. The van der Waals surface area contributed by atoms with E-state index in [0.717, 1.165) is 5.56 Å². The summed E-state index contributed by atoms with van der Waals surface area (Å²) in [5.74, 6) is -0.551. The second kappa shape index (κ2) is 9.09. The van der Waals surface area contributed by atoms with Gasteiger partial charge in [0.05, 0.1) is 4.47 Å². The zero-order chi connectivity index (χ0) is 21.9. The Morgan fingerprint density at radius 2 is 2.03 bits per heavy atom. The van der Waals surface area contributed by atoms with Gasteiger partial charge in [-0.05, 0) is 40.0 Å². The number of likely N-dealkylation sites (tertiary alicyclic amines) is 1. The van der Waals surface area contributed by atoms with Crippen LogP contribution in [0.4, 0.5) is 9.18 Å². The molecule has 1 heterocycles. The van der Waals surface area contributed by atoms with Crippen molar-refractivity contribution < 1.29 is 24.0 Å². The van der Waals surface area contributed by atoms with Crippen molar-refractivity contribution in [3.05, 3.63) is 80.1 Å². The summed E-state index contributed by atoms with van der Waals surface area (Å²) >= 11 is 3.11. The Balaban J connectivity index is 1.91. The molecule has 1 saturated heterocycles. The third-order valence-electron chi connectivity index (χ3n) is 5.58. The van der Waals surface area contributed by atoms with E-state index < -0.39 is 41.1 Å². The molecule has 30 heavy (non-hydrogen) atoms. The lowest BCUT2D eigenvalue weighted by atomic mass is 9.86. The van der Waals surface area contributed by atoms with Crippen molar-refractivity contribution in [2.45, 2.75) is 44.0 Å². The molecule has 0 spiro atoms. The Labute approximate surface area is 181 Å². The van der Waals surface area contributed by atoms with Crippen LogP contribution in [-0.4, -0.2) is 45.3 Å². The SMILES string of the molecule is C[C@@H]1CC(CO)([N+](=O)[O-])C(Cc2cccc(Br)c2F)N1C(=O)OCc1ccccc1. The van der Waals surface area contributed by atoms with Gasteiger partial charge in [0.2, 0.25) is 0 Å². The van der Waals surface area contributed by atoms with E-state index in [2.05, 4.69) is 15.9 Å². The molecule has 0 bridgehead atoms. The minimum absolute atomic E-state index is 0.00541. The fraction of sp³-hybridized carbons (Fsp3) is 0.381. The third-order valence-corrected chi connectivity index (χ3v) is 6.19. The predicted molar refractivity (Wildman–Crippen MR) is 111 cm³/mol. The van der Waals surface area contributed by atoms with Gasteiger partial charge < -0.3 is 9.84 Å². The molecular formula is C21H22BrFN2O5. The van der Waals surface area contributed by atoms with E-state index in [1.807, 2.05) is 18.2 Å². The summed E-state index contributed by atoms with van der Waals surface area (Å²) in [4.78, 5) is 25.6. The minimum Gasteiger partial charge on any atom is -0.445 e. The molecule has 3 rings (SSSR count). The first-order chi connectivity index (χ1) is 14.3. The van der Waals surface area contributed by atoms with Gasteiger partial charge in [0, 0.05) is 23.8 Å². The number of carbonyl (C=O) groups excluding carboxylic acids is 1. The standard InChI is InChI=1S/C21H22BrFN2O5/c1-14-11-21(13-26,25(28)29)18(10-16-8-5-9-17(22)19(16)23)24(14)20(27)30-12-15-6-3-2-4-7-15/h2-9,14,18,26H,10-13H2,1H3/t14-,18?,21?/m1/s1. The number of nitro groups is 1. The van der Waals surface area contributed by atoms with Gasteiger partial charge in [-0.1, -0.05) is 42.5 Å². The summed E-state index contributed by atoms with van der Waals surface area (Å²) in [5, 5.41) is 21.9. The molecular weight excluding hydrogens is 459 g/mol. The van der Waals surface area contributed by atoms with Gasteiger partial charge >= 0.3 is 6.09 Å². The smallest absolute Gasteiger partial charge is 0.410 e. The molecule has 2 aromatic carbocycles. The molecule has 1 amide bonds. The van der Waals surface area contributed by atoms with Crippen LogP contribution in [0.5, 0.6) is 0 Å². The number of nitrogens with zero attached hydrogens (tertiary/aromatic N) is 2. The van der Waals surface area contributed by atoms with E-state index in [4.69, 9.17) is 4.74 Å². The maximum atomic E-state index is 14.6. The highest BCUT2D eigenvalue weighted by Gasteiger charge is 2.61. The zero-order valence-corrected chi connectivity index (χ0v) is 17.9. The van der Waals surface area contributed by atoms with Crippen LogP contribution in [0, 0.1) is 15.9 Å². The Bertz CT molecular complexity index is 929. The van der Waals surface area contributed by atoms with Crippen LogP contribution in [-0.2, 0) is 17.8 Å². The van der Waals surface area contributed by atoms with Crippen LogP contribution >= 0.6 is 15.9 Å². The molecule has 160 valence electrons. The lowest BCUT2D eigenvalue weighted by Gasteiger charge is -2.31. The molecule has 2 unspecified atom stereocenters. The number of carbonyl (C=O) groups is 1. The topological polar surface area (TPSA) is 92.9 Å². The van der Waals surface area contributed by atoms with Crippen LogP contribution in [0.2, 0.25) is 0 Å². The van der Waals surface area contributed by atoms with Crippen molar-refractivity contribution in [2.24, 2.45) is 0 Å². The number of aliphatic hydroxyl groups excluding tert-OH is 1. The van der Waals surface area contributed by atoms with E-state index >= 15 is 0 Å². The highest BCUT2D eigenvalue weighted by atomic mass is 79.9. The van der Waals surface area contributed by atoms with E-state index in [0.29, 0.717) is 0 Å². The molecule has 1 fully saturated rings. The molecule has 2 aromatic rings. The largest absolute Gasteiger partial charge is 0.445 e. The van der Waals surface area contributed by atoms with Crippen molar-refractivity contribution in [3.63, 3.8) is 0 Å². The van der Waals surface area contributed by atoms with E-state index in [1.165, 1.54) is 17.0 Å². The lowest BCUT2D eigenvalue weighted by molar-refractivity contribution is -0.576. The van der Waals surface area contributed by atoms with Crippen molar-refractivity contribution in [2.75, 3.05) is 6.61 Å². The van der Waals surface area contributed by atoms with E-state index in [1.54, 1.807) is 25.1 Å². The second-order valence-corrected chi connectivity index (χ2v) is 8.31. The number of aliphatic hydroxyl groups is 1. The normalized spacial score (nSPS) is 23.4. The zero-order valence-electron chi connectivity index (χ0n) is 16.3. The molecule has 1 N–H and O–H groups in total. The van der Waals surface area contributed by atoms with Gasteiger partial charge in [0.1, 0.15) is 25.1 Å². The minimum atomic E-state index is -1.81. The van der Waals surface area contributed by atoms with Crippen LogP contribution in [0.25, 0.3) is 0 Å². The number of rotatable bonds is 6. The summed E-state index contributed by atoms with van der Waals surface area (Å²) in [6.07, 6.45) is -0.918. The summed E-state index contributed by atoms with van der Waals surface area (Å²) in [6.45, 7) is 0.896. The van der Waals surface area contributed by atoms with Crippen LogP contribution in [0.1, 0.15) is 24.5 Å².